The quantitative estimate of drug-likeness (QED) is 0.909. The number of anilines is 1. The third kappa shape index (κ3) is 4.44. The Balaban J connectivity index is 2.01. The van der Waals surface area contributed by atoms with Gasteiger partial charge in [-0.05, 0) is 38.0 Å². The standard InChI is InChI=1S/C17H25FN2O2/c1-4-5-17(21)19-9-14-6-7-16(15(18)8-14)20-10-12(2)22-13(3)11-20/h6-8,12-13H,4-5,9-11H2,1-3H3,(H,19,21)/t12-,13+. The van der Waals surface area contributed by atoms with E-state index in [1.807, 2.05) is 31.7 Å². The Labute approximate surface area is 131 Å². The second kappa shape index (κ2) is 7.58. The lowest BCUT2D eigenvalue weighted by Gasteiger charge is -2.37. The first-order valence-corrected chi connectivity index (χ1v) is 7.95. The molecule has 0 aliphatic carbocycles. The molecule has 22 heavy (non-hydrogen) atoms. The lowest BCUT2D eigenvalue weighted by atomic mass is 10.1. The van der Waals surface area contributed by atoms with Gasteiger partial charge < -0.3 is 15.0 Å². The predicted octanol–water partition coefficient (Wildman–Crippen LogP) is 2.86. The highest BCUT2D eigenvalue weighted by Crippen LogP contribution is 2.24. The molecule has 1 aromatic carbocycles. The molecule has 1 aromatic rings. The van der Waals surface area contributed by atoms with E-state index in [-0.39, 0.29) is 23.9 Å². The molecule has 1 N–H and O–H groups in total. The number of carbonyl (C=O) groups excluding carboxylic acids is 1. The van der Waals surface area contributed by atoms with Crippen LogP contribution in [-0.2, 0) is 16.1 Å². The van der Waals surface area contributed by atoms with Gasteiger partial charge in [-0.3, -0.25) is 4.79 Å². The highest BCUT2D eigenvalue weighted by atomic mass is 19.1. The van der Waals surface area contributed by atoms with E-state index < -0.39 is 0 Å². The second-order valence-corrected chi connectivity index (χ2v) is 5.97. The summed E-state index contributed by atoms with van der Waals surface area (Å²) in [4.78, 5) is 13.5. The summed E-state index contributed by atoms with van der Waals surface area (Å²) in [6.07, 6.45) is 1.50. The van der Waals surface area contributed by atoms with Crippen molar-refractivity contribution in [2.45, 2.75) is 52.4 Å². The van der Waals surface area contributed by atoms with Crippen LogP contribution in [0.15, 0.2) is 18.2 Å². The summed E-state index contributed by atoms with van der Waals surface area (Å²) in [6, 6.07) is 5.17. The Morgan fingerprint density at radius 2 is 2.05 bits per heavy atom. The number of hydrogen-bond donors (Lipinski definition) is 1. The van der Waals surface area contributed by atoms with Gasteiger partial charge in [0.1, 0.15) is 5.82 Å². The monoisotopic (exact) mass is 308 g/mol. The van der Waals surface area contributed by atoms with Gasteiger partial charge in [0, 0.05) is 26.1 Å². The summed E-state index contributed by atoms with van der Waals surface area (Å²) in [7, 11) is 0. The van der Waals surface area contributed by atoms with Crippen LogP contribution < -0.4 is 10.2 Å². The van der Waals surface area contributed by atoms with Crippen molar-refractivity contribution in [2.24, 2.45) is 0 Å². The first kappa shape index (κ1) is 16.7. The van der Waals surface area contributed by atoms with Crippen LogP contribution in [0.25, 0.3) is 0 Å². The van der Waals surface area contributed by atoms with Gasteiger partial charge >= 0.3 is 0 Å². The fraction of sp³-hybridized carbons (Fsp3) is 0.588. The normalized spacial score (nSPS) is 21.7. The average molecular weight is 308 g/mol. The second-order valence-electron chi connectivity index (χ2n) is 5.97. The molecule has 0 saturated carbocycles. The smallest absolute Gasteiger partial charge is 0.220 e. The average Bonchev–Trinajstić information content (AvgIpc) is 2.44. The molecule has 5 heteroatoms. The van der Waals surface area contributed by atoms with Gasteiger partial charge in [-0.25, -0.2) is 4.39 Å². The van der Waals surface area contributed by atoms with E-state index in [1.54, 1.807) is 6.07 Å². The summed E-state index contributed by atoms with van der Waals surface area (Å²) in [5.41, 5.74) is 1.38. The highest BCUT2D eigenvalue weighted by Gasteiger charge is 2.24. The van der Waals surface area contributed by atoms with Crippen LogP contribution in [-0.4, -0.2) is 31.2 Å². The van der Waals surface area contributed by atoms with Crippen LogP contribution in [0.3, 0.4) is 0 Å². The molecule has 0 unspecified atom stereocenters. The number of morpholine rings is 1. The summed E-state index contributed by atoms with van der Waals surface area (Å²) in [5.74, 6) is -0.244. The molecule has 2 rings (SSSR count). The number of hydrogen-bond acceptors (Lipinski definition) is 3. The van der Waals surface area contributed by atoms with Crippen LogP contribution in [0, 0.1) is 5.82 Å². The van der Waals surface area contributed by atoms with Crippen molar-refractivity contribution in [2.75, 3.05) is 18.0 Å². The van der Waals surface area contributed by atoms with Crippen LogP contribution in [0.4, 0.5) is 10.1 Å². The molecule has 2 atom stereocenters. The van der Waals surface area contributed by atoms with Gasteiger partial charge in [0.2, 0.25) is 5.91 Å². The number of halogens is 1. The first-order chi connectivity index (χ1) is 10.5. The van der Waals surface area contributed by atoms with Crippen molar-refractivity contribution in [1.82, 2.24) is 5.32 Å². The minimum atomic E-state index is -0.247. The van der Waals surface area contributed by atoms with Crippen molar-refractivity contribution in [3.05, 3.63) is 29.6 Å². The molecular weight excluding hydrogens is 283 g/mol. The van der Waals surface area contributed by atoms with Crippen molar-refractivity contribution in [1.29, 1.82) is 0 Å². The fourth-order valence-electron chi connectivity index (χ4n) is 2.81. The number of nitrogens with zero attached hydrogens (tertiary/aromatic N) is 1. The van der Waals surface area contributed by atoms with Gasteiger partial charge in [0.05, 0.1) is 17.9 Å². The lowest BCUT2D eigenvalue weighted by molar-refractivity contribution is -0.121. The maximum atomic E-state index is 14.4. The molecule has 1 saturated heterocycles. The number of carbonyl (C=O) groups is 1. The number of nitrogens with one attached hydrogen (secondary N) is 1. The van der Waals surface area contributed by atoms with Crippen molar-refractivity contribution in [3.63, 3.8) is 0 Å². The van der Waals surface area contributed by atoms with Gasteiger partial charge in [-0.2, -0.15) is 0 Å². The van der Waals surface area contributed by atoms with Gasteiger partial charge in [-0.1, -0.05) is 13.0 Å². The van der Waals surface area contributed by atoms with E-state index in [0.717, 1.165) is 12.0 Å². The molecule has 1 fully saturated rings. The van der Waals surface area contributed by atoms with Gasteiger partial charge in [-0.15, -0.1) is 0 Å². The molecule has 0 spiro atoms. The molecule has 0 radical (unpaired) electrons. The zero-order valence-electron chi connectivity index (χ0n) is 13.6. The Bertz CT molecular complexity index is 511. The molecule has 0 aromatic heterocycles. The Hall–Kier alpha value is -1.62. The molecular formula is C17H25FN2O2. The van der Waals surface area contributed by atoms with E-state index in [1.165, 1.54) is 6.07 Å². The van der Waals surface area contributed by atoms with Crippen molar-refractivity contribution >= 4 is 11.6 Å². The van der Waals surface area contributed by atoms with E-state index in [0.29, 0.717) is 31.7 Å². The molecule has 1 amide bonds. The highest BCUT2D eigenvalue weighted by molar-refractivity contribution is 5.75. The number of ether oxygens (including phenoxy) is 1. The van der Waals surface area contributed by atoms with E-state index in [9.17, 15) is 9.18 Å². The maximum absolute atomic E-state index is 14.4. The molecule has 1 aliphatic rings. The molecule has 4 nitrogen and oxygen atoms in total. The first-order valence-electron chi connectivity index (χ1n) is 7.95. The Kier molecular flexibility index (Phi) is 5.77. The summed E-state index contributed by atoms with van der Waals surface area (Å²) in [6.45, 7) is 7.70. The van der Waals surface area contributed by atoms with E-state index in [4.69, 9.17) is 4.74 Å². The minimum absolute atomic E-state index is 0.00261. The van der Waals surface area contributed by atoms with Crippen LogP contribution in [0.1, 0.15) is 39.2 Å². The minimum Gasteiger partial charge on any atom is -0.372 e. The number of benzene rings is 1. The maximum Gasteiger partial charge on any atom is 0.220 e. The van der Waals surface area contributed by atoms with Crippen LogP contribution >= 0.6 is 0 Å². The van der Waals surface area contributed by atoms with Gasteiger partial charge in [0.25, 0.3) is 0 Å². The lowest BCUT2D eigenvalue weighted by Crippen LogP contribution is -2.45. The molecule has 0 bridgehead atoms. The number of rotatable bonds is 5. The topological polar surface area (TPSA) is 41.6 Å². The predicted molar refractivity (Wildman–Crippen MR) is 85.4 cm³/mol. The summed E-state index contributed by atoms with van der Waals surface area (Å²) >= 11 is 0. The van der Waals surface area contributed by atoms with E-state index in [2.05, 4.69) is 5.32 Å². The van der Waals surface area contributed by atoms with Gasteiger partial charge in [0.15, 0.2) is 0 Å². The third-order valence-corrected chi connectivity index (χ3v) is 3.74. The number of amides is 1. The zero-order valence-corrected chi connectivity index (χ0v) is 13.6. The SMILES string of the molecule is CCCC(=O)NCc1ccc(N2C[C@@H](C)O[C@@H](C)C2)c(F)c1. The molecule has 1 heterocycles. The Morgan fingerprint density at radius 3 is 2.64 bits per heavy atom. The van der Waals surface area contributed by atoms with Crippen molar-refractivity contribution < 1.29 is 13.9 Å². The Morgan fingerprint density at radius 1 is 1.36 bits per heavy atom. The molecule has 122 valence electrons. The summed E-state index contributed by atoms with van der Waals surface area (Å²) < 4.78 is 20.0. The van der Waals surface area contributed by atoms with Crippen LogP contribution in [0.2, 0.25) is 0 Å². The van der Waals surface area contributed by atoms with Crippen LogP contribution in [0.5, 0.6) is 0 Å². The summed E-state index contributed by atoms with van der Waals surface area (Å²) in [5, 5.41) is 2.80. The zero-order chi connectivity index (χ0) is 16.1. The third-order valence-electron chi connectivity index (χ3n) is 3.74. The van der Waals surface area contributed by atoms with E-state index >= 15 is 0 Å². The fourth-order valence-corrected chi connectivity index (χ4v) is 2.81. The largest absolute Gasteiger partial charge is 0.372 e. The van der Waals surface area contributed by atoms with Crippen molar-refractivity contribution in [3.8, 4) is 0 Å². The molecule has 1 aliphatic heterocycles.